The van der Waals surface area contributed by atoms with Crippen LogP contribution >= 0.6 is 15.9 Å². The monoisotopic (exact) mass is 165 g/mol. The van der Waals surface area contributed by atoms with Crippen molar-refractivity contribution in [2.75, 3.05) is 12.0 Å². The summed E-state index contributed by atoms with van der Waals surface area (Å²) in [6.45, 7) is 5.48. The molecule has 0 aromatic rings. The first-order valence-corrected chi connectivity index (χ1v) is 3.66. The van der Waals surface area contributed by atoms with Crippen molar-refractivity contribution in [2.24, 2.45) is 5.92 Å². The first-order chi connectivity index (χ1) is 3.27. The maximum Gasteiger partial charge on any atom is 0.0517 e. The van der Waals surface area contributed by atoms with Gasteiger partial charge in [0.2, 0.25) is 0 Å². The smallest absolute Gasteiger partial charge is 0.0517 e. The van der Waals surface area contributed by atoms with Crippen molar-refractivity contribution >= 4 is 15.9 Å². The summed E-state index contributed by atoms with van der Waals surface area (Å²) in [5.74, 6) is 0.762. The van der Waals surface area contributed by atoms with Crippen LogP contribution in [0.2, 0.25) is 0 Å². The van der Waals surface area contributed by atoms with Crippen LogP contribution in [0.5, 0.6) is 0 Å². The van der Waals surface area contributed by atoms with E-state index in [2.05, 4.69) is 35.1 Å². The third-order valence-electron chi connectivity index (χ3n) is 0.647. The van der Waals surface area contributed by atoms with Gasteiger partial charge in [0.25, 0.3) is 0 Å². The summed E-state index contributed by atoms with van der Waals surface area (Å²) >= 11 is 3.27. The highest BCUT2D eigenvalue weighted by Crippen LogP contribution is 1.86. The SMILES string of the molecule is CC(C)CNCBr. The molecule has 0 unspecified atom stereocenters. The minimum atomic E-state index is 0.762. The largest absolute Gasteiger partial charge is 0.307 e. The maximum absolute atomic E-state index is 3.27. The average Bonchev–Trinajstić information content (AvgIpc) is 1.61. The van der Waals surface area contributed by atoms with Gasteiger partial charge in [0.05, 0.1) is 5.45 Å². The fourth-order valence-corrected chi connectivity index (χ4v) is 0.572. The van der Waals surface area contributed by atoms with Gasteiger partial charge in [-0.2, -0.15) is 0 Å². The van der Waals surface area contributed by atoms with E-state index in [1.807, 2.05) is 0 Å². The van der Waals surface area contributed by atoms with E-state index >= 15 is 0 Å². The molecule has 0 saturated carbocycles. The molecule has 1 N–H and O–H groups in total. The first kappa shape index (κ1) is 7.44. The van der Waals surface area contributed by atoms with Crippen LogP contribution in [-0.2, 0) is 0 Å². The standard InChI is InChI=1S/C5H12BrN/c1-5(2)3-7-4-6/h5,7H,3-4H2,1-2H3. The zero-order valence-electron chi connectivity index (χ0n) is 4.87. The molecular formula is C5H12BrN. The summed E-state index contributed by atoms with van der Waals surface area (Å²) in [4.78, 5) is 0. The van der Waals surface area contributed by atoms with Gasteiger partial charge in [-0.05, 0) is 12.5 Å². The molecule has 0 aliphatic heterocycles. The van der Waals surface area contributed by atoms with Gasteiger partial charge in [-0.1, -0.05) is 29.8 Å². The van der Waals surface area contributed by atoms with Crippen molar-refractivity contribution in [1.82, 2.24) is 5.32 Å². The summed E-state index contributed by atoms with van der Waals surface area (Å²) in [7, 11) is 0. The van der Waals surface area contributed by atoms with Gasteiger partial charge < -0.3 is 5.32 Å². The molecule has 7 heavy (non-hydrogen) atoms. The molecule has 0 radical (unpaired) electrons. The van der Waals surface area contributed by atoms with Gasteiger partial charge in [-0.3, -0.25) is 0 Å². The summed E-state index contributed by atoms with van der Waals surface area (Å²) in [5, 5.41) is 3.16. The quantitative estimate of drug-likeness (QED) is 0.495. The molecule has 0 spiro atoms. The number of hydrogen-bond acceptors (Lipinski definition) is 1. The molecule has 44 valence electrons. The van der Waals surface area contributed by atoms with E-state index in [-0.39, 0.29) is 0 Å². The predicted octanol–water partition coefficient (Wildman–Crippen LogP) is 1.58. The van der Waals surface area contributed by atoms with Crippen LogP contribution in [0.4, 0.5) is 0 Å². The van der Waals surface area contributed by atoms with E-state index in [0.29, 0.717) is 0 Å². The first-order valence-electron chi connectivity index (χ1n) is 2.54. The Morgan fingerprint density at radius 1 is 1.57 bits per heavy atom. The van der Waals surface area contributed by atoms with Crippen molar-refractivity contribution in [3.05, 3.63) is 0 Å². The summed E-state index contributed by atoms with van der Waals surface area (Å²) in [5.41, 5.74) is 0.908. The fraction of sp³-hybridized carbons (Fsp3) is 1.00. The van der Waals surface area contributed by atoms with Crippen LogP contribution in [0.15, 0.2) is 0 Å². The lowest BCUT2D eigenvalue weighted by atomic mass is 10.2. The normalized spacial score (nSPS) is 10.3. The second kappa shape index (κ2) is 4.60. The summed E-state index contributed by atoms with van der Waals surface area (Å²) in [6, 6.07) is 0. The van der Waals surface area contributed by atoms with E-state index in [1.165, 1.54) is 0 Å². The molecule has 0 aromatic carbocycles. The maximum atomic E-state index is 3.27. The van der Waals surface area contributed by atoms with Crippen LogP contribution in [0.1, 0.15) is 13.8 Å². The molecule has 0 bridgehead atoms. The Bertz CT molecular complexity index is 37.1. The van der Waals surface area contributed by atoms with Crippen molar-refractivity contribution in [3.63, 3.8) is 0 Å². The minimum Gasteiger partial charge on any atom is -0.307 e. The highest BCUT2D eigenvalue weighted by molar-refractivity contribution is 9.09. The second-order valence-corrected chi connectivity index (χ2v) is 2.54. The van der Waals surface area contributed by atoms with Crippen molar-refractivity contribution < 1.29 is 0 Å². The predicted molar refractivity (Wildman–Crippen MR) is 36.6 cm³/mol. The molecule has 0 saturated heterocycles. The molecule has 0 aliphatic rings. The second-order valence-electron chi connectivity index (χ2n) is 1.98. The number of hydrogen-bond donors (Lipinski definition) is 1. The third kappa shape index (κ3) is 6.44. The Morgan fingerprint density at radius 3 is 2.29 bits per heavy atom. The van der Waals surface area contributed by atoms with E-state index < -0.39 is 0 Å². The lowest BCUT2D eigenvalue weighted by molar-refractivity contribution is 0.590. The van der Waals surface area contributed by atoms with Crippen LogP contribution in [0.25, 0.3) is 0 Å². The van der Waals surface area contributed by atoms with Gasteiger partial charge in [0.15, 0.2) is 0 Å². The third-order valence-corrected chi connectivity index (χ3v) is 1.04. The van der Waals surface area contributed by atoms with E-state index in [9.17, 15) is 0 Å². The van der Waals surface area contributed by atoms with Crippen LogP contribution < -0.4 is 5.32 Å². The van der Waals surface area contributed by atoms with Crippen molar-refractivity contribution in [1.29, 1.82) is 0 Å². The lowest BCUT2D eigenvalue weighted by Crippen LogP contribution is -2.16. The van der Waals surface area contributed by atoms with Crippen LogP contribution in [0, 0.1) is 5.92 Å². The van der Waals surface area contributed by atoms with Gasteiger partial charge in [0.1, 0.15) is 0 Å². The fourth-order valence-electron chi connectivity index (χ4n) is 0.343. The minimum absolute atomic E-state index is 0.762. The summed E-state index contributed by atoms with van der Waals surface area (Å²) < 4.78 is 0. The Labute approximate surface area is 53.6 Å². The van der Waals surface area contributed by atoms with Gasteiger partial charge in [-0.25, -0.2) is 0 Å². The van der Waals surface area contributed by atoms with Crippen molar-refractivity contribution in [2.45, 2.75) is 13.8 Å². The summed E-state index contributed by atoms with van der Waals surface area (Å²) in [6.07, 6.45) is 0. The molecule has 0 aliphatic carbocycles. The van der Waals surface area contributed by atoms with Gasteiger partial charge in [-0.15, -0.1) is 0 Å². The highest BCUT2D eigenvalue weighted by atomic mass is 79.9. The highest BCUT2D eigenvalue weighted by Gasteiger charge is 1.87. The molecule has 0 fully saturated rings. The van der Waals surface area contributed by atoms with Crippen LogP contribution in [0.3, 0.4) is 0 Å². The topological polar surface area (TPSA) is 12.0 Å². The Morgan fingerprint density at radius 2 is 2.14 bits per heavy atom. The lowest BCUT2D eigenvalue weighted by Gasteiger charge is -2.01. The number of rotatable bonds is 3. The van der Waals surface area contributed by atoms with Crippen molar-refractivity contribution in [3.8, 4) is 0 Å². The molecular weight excluding hydrogens is 154 g/mol. The number of halogens is 1. The van der Waals surface area contributed by atoms with Gasteiger partial charge in [0, 0.05) is 0 Å². The zero-order chi connectivity index (χ0) is 5.70. The number of alkyl halides is 1. The average molecular weight is 166 g/mol. The number of nitrogens with one attached hydrogen (secondary N) is 1. The Hall–Kier alpha value is 0.440. The van der Waals surface area contributed by atoms with E-state index in [0.717, 1.165) is 17.9 Å². The Balaban J connectivity index is 2.68. The zero-order valence-corrected chi connectivity index (χ0v) is 6.46. The Kier molecular flexibility index (Phi) is 4.88. The van der Waals surface area contributed by atoms with E-state index in [4.69, 9.17) is 0 Å². The molecule has 1 nitrogen and oxygen atoms in total. The van der Waals surface area contributed by atoms with Gasteiger partial charge >= 0.3 is 0 Å². The molecule has 0 heterocycles. The molecule has 0 aromatic heterocycles. The molecule has 0 atom stereocenters. The van der Waals surface area contributed by atoms with Crippen LogP contribution in [-0.4, -0.2) is 12.0 Å². The van der Waals surface area contributed by atoms with E-state index in [1.54, 1.807) is 0 Å². The molecule has 0 rings (SSSR count). The molecule has 0 amide bonds. The molecule has 2 heteroatoms.